The SMILES string of the molecule is O=C(Cc1ccc(F)c(F)c1)NC1(CCl)CCCCC1. The highest BCUT2D eigenvalue weighted by atomic mass is 35.5. The van der Waals surface area contributed by atoms with Crippen LogP contribution in [0.2, 0.25) is 0 Å². The van der Waals surface area contributed by atoms with E-state index in [-0.39, 0.29) is 17.9 Å². The monoisotopic (exact) mass is 301 g/mol. The summed E-state index contributed by atoms with van der Waals surface area (Å²) in [4.78, 5) is 12.1. The molecular weight excluding hydrogens is 284 g/mol. The van der Waals surface area contributed by atoms with Crippen molar-refractivity contribution in [3.63, 3.8) is 0 Å². The molecule has 1 N–H and O–H groups in total. The molecule has 0 spiro atoms. The first kappa shape index (κ1) is 15.2. The second kappa shape index (κ2) is 6.53. The third-order valence-electron chi connectivity index (χ3n) is 3.82. The topological polar surface area (TPSA) is 29.1 Å². The normalized spacial score (nSPS) is 17.8. The molecule has 1 aliphatic carbocycles. The summed E-state index contributed by atoms with van der Waals surface area (Å²) in [6, 6.07) is 3.52. The molecule has 1 aliphatic rings. The Hall–Kier alpha value is -1.16. The predicted octanol–water partition coefficient (Wildman–Crippen LogP) is 3.57. The summed E-state index contributed by atoms with van der Waals surface area (Å²) < 4.78 is 25.9. The van der Waals surface area contributed by atoms with Crippen molar-refractivity contribution in [3.8, 4) is 0 Å². The van der Waals surface area contributed by atoms with Crippen LogP contribution in [0.25, 0.3) is 0 Å². The molecule has 20 heavy (non-hydrogen) atoms. The van der Waals surface area contributed by atoms with E-state index in [1.807, 2.05) is 0 Å². The molecule has 1 saturated carbocycles. The maximum atomic E-state index is 13.1. The minimum atomic E-state index is -0.931. The largest absolute Gasteiger partial charge is 0.349 e. The first-order chi connectivity index (χ1) is 9.54. The average molecular weight is 302 g/mol. The van der Waals surface area contributed by atoms with Crippen LogP contribution >= 0.6 is 11.6 Å². The molecule has 1 aromatic carbocycles. The number of hydrogen-bond acceptors (Lipinski definition) is 1. The minimum absolute atomic E-state index is 0.0375. The van der Waals surface area contributed by atoms with Gasteiger partial charge in [-0.05, 0) is 30.5 Å². The van der Waals surface area contributed by atoms with E-state index >= 15 is 0 Å². The van der Waals surface area contributed by atoms with Gasteiger partial charge in [0.25, 0.3) is 0 Å². The van der Waals surface area contributed by atoms with Gasteiger partial charge in [0.05, 0.1) is 12.0 Å². The van der Waals surface area contributed by atoms with Crippen molar-refractivity contribution in [2.75, 3.05) is 5.88 Å². The third-order valence-corrected chi connectivity index (χ3v) is 4.33. The van der Waals surface area contributed by atoms with Gasteiger partial charge in [0, 0.05) is 5.88 Å². The van der Waals surface area contributed by atoms with Gasteiger partial charge >= 0.3 is 0 Å². The Morgan fingerprint density at radius 3 is 2.50 bits per heavy atom. The highest BCUT2D eigenvalue weighted by Gasteiger charge is 2.32. The van der Waals surface area contributed by atoms with Crippen molar-refractivity contribution in [2.45, 2.75) is 44.1 Å². The summed E-state index contributed by atoms with van der Waals surface area (Å²) in [5.74, 6) is -1.64. The van der Waals surface area contributed by atoms with E-state index in [0.717, 1.165) is 44.2 Å². The minimum Gasteiger partial charge on any atom is -0.349 e. The van der Waals surface area contributed by atoms with E-state index < -0.39 is 11.6 Å². The summed E-state index contributed by atoms with van der Waals surface area (Å²) in [6.07, 6.45) is 5.06. The van der Waals surface area contributed by atoms with Crippen LogP contribution in [0.3, 0.4) is 0 Å². The Labute approximate surface area is 122 Å². The quantitative estimate of drug-likeness (QED) is 0.847. The van der Waals surface area contributed by atoms with Gasteiger partial charge in [-0.15, -0.1) is 11.6 Å². The van der Waals surface area contributed by atoms with Crippen molar-refractivity contribution >= 4 is 17.5 Å². The Bertz CT molecular complexity index is 487. The molecule has 0 unspecified atom stereocenters. The van der Waals surface area contributed by atoms with Crippen molar-refractivity contribution in [2.24, 2.45) is 0 Å². The number of nitrogens with one attached hydrogen (secondary N) is 1. The summed E-state index contributed by atoms with van der Waals surface area (Å²) in [5, 5.41) is 2.98. The molecule has 5 heteroatoms. The molecule has 110 valence electrons. The van der Waals surface area contributed by atoms with Crippen LogP contribution in [0.15, 0.2) is 18.2 Å². The lowest BCUT2D eigenvalue weighted by molar-refractivity contribution is -0.122. The predicted molar refractivity (Wildman–Crippen MR) is 74.7 cm³/mol. The maximum absolute atomic E-state index is 13.1. The van der Waals surface area contributed by atoms with Gasteiger partial charge in [-0.3, -0.25) is 4.79 Å². The number of hydrogen-bond donors (Lipinski definition) is 1. The summed E-state index contributed by atoms with van der Waals surface area (Å²) in [5.41, 5.74) is 0.122. The van der Waals surface area contributed by atoms with Crippen LogP contribution in [0.5, 0.6) is 0 Å². The van der Waals surface area contributed by atoms with Crippen molar-refractivity contribution in [3.05, 3.63) is 35.4 Å². The fraction of sp³-hybridized carbons (Fsp3) is 0.533. The fourth-order valence-corrected chi connectivity index (χ4v) is 3.03. The number of benzene rings is 1. The Morgan fingerprint density at radius 1 is 1.20 bits per heavy atom. The van der Waals surface area contributed by atoms with Crippen molar-refractivity contribution < 1.29 is 13.6 Å². The number of halogens is 3. The van der Waals surface area contributed by atoms with Gasteiger partial charge in [0.2, 0.25) is 5.91 Å². The zero-order chi connectivity index (χ0) is 14.6. The second-order valence-electron chi connectivity index (χ2n) is 5.45. The molecule has 1 fully saturated rings. The Kier molecular flexibility index (Phi) is 4.97. The molecule has 0 bridgehead atoms. The molecule has 0 saturated heterocycles. The number of rotatable bonds is 4. The molecule has 0 radical (unpaired) electrons. The van der Waals surface area contributed by atoms with Crippen LogP contribution in [0, 0.1) is 11.6 Å². The summed E-state index contributed by atoms with van der Waals surface area (Å²) >= 11 is 6.01. The zero-order valence-electron chi connectivity index (χ0n) is 11.2. The zero-order valence-corrected chi connectivity index (χ0v) is 12.0. The Morgan fingerprint density at radius 2 is 1.90 bits per heavy atom. The number of carbonyl (C=O) groups is 1. The van der Waals surface area contributed by atoms with Crippen LogP contribution in [0.4, 0.5) is 8.78 Å². The standard InChI is InChI=1S/C15H18ClF2NO/c16-10-15(6-2-1-3-7-15)19-14(20)9-11-4-5-12(17)13(18)8-11/h4-5,8H,1-3,6-7,9-10H2,(H,19,20). The van der Waals surface area contributed by atoms with E-state index in [1.165, 1.54) is 6.07 Å². The van der Waals surface area contributed by atoms with Gasteiger partial charge in [-0.1, -0.05) is 25.3 Å². The third kappa shape index (κ3) is 3.69. The van der Waals surface area contributed by atoms with Crippen LogP contribution < -0.4 is 5.32 Å². The van der Waals surface area contributed by atoms with Gasteiger partial charge in [-0.2, -0.15) is 0 Å². The smallest absolute Gasteiger partial charge is 0.224 e. The number of carbonyl (C=O) groups excluding carboxylic acids is 1. The van der Waals surface area contributed by atoms with E-state index in [4.69, 9.17) is 11.6 Å². The first-order valence-corrected chi connectivity index (χ1v) is 7.39. The molecule has 0 atom stereocenters. The molecule has 0 aromatic heterocycles. The van der Waals surface area contributed by atoms with E-state index in [2.05, 4.69) is 5.32 Å². The second-order valence-corrected chi connectivity index (χ2v) is 5.72. The fourth-order valence-electron chi connectivity index (χ4n) is 2.70. The maximum Gasteiger partial charge on any atom is 0.224 e. The van der Waals surface area contributed by atoms with Gasteiger partial charge < -0.3 is 5.32 Å². The number of alkyl halides is 1. The molecular formula is C15H18ClF2NO. The summed E-state index contributed by atoms with van der Waals surface area (Å²) in [6.45, 7) is 0. The first-order valence-electron chi connectivity index (χ1n) is 6.86. The lowest BCUT2D eigenvalue weighted by Crippen LogP contribution is -2.51. The molecule has 0 heterocycles. The van der Waals surface area contributed by atoms with E-state index in [9.17, 15) is 13.6 Å². The van der Waals surface area contributed by atoms with E-state index in [0.29, 0.717) is 11.4 Å². The van der Waals surface area contributed by atoms with Gasteiger partial charge in [-0.25, -0.2) is 8.78 Å². The average Bonchev–Trinajstić information content (AvgIpc) is 2.44. The van der Waals surface area contributed by atoms with Crippen LogP contribution in [-0.4, -0.2) is 17.3 Å². The van der Waals surface area contributed by atoms with Crippen LogP contribution in [-0.2, 0) is 11.2 Å². The molecule has 2 nitrogen and oxygen atoms in total. The molecule has 0 aliphatic heterocycles. The van der Waals surface area contributed by atoms with E-state index in [1.54, 1.807) is 0 Å². The van der Waals surface area contributed by atoms with Crippen molar-refractivity contribution in [1.82, 2.24) is 5.32 Å². The molecule has 2 rings (SSSR count). The molecule has 1 amide bonds. The summed E-state index contributed by atoms with van der Waals surface area (Å²) in [7, 11) is 0. The van der Waals surface area contributed by atoms with Crippen LogP contribution in [0.1, 0.15) is 37.7 Å². The number of amides is 1. The highest BCUT2D eigenvalue weighted by Crippen LogP contribution is 2.29. The van der Waals surface area contributed by atoms with Crippen molar-refractivity contribution in [1.29, 1.82) is 0 Å². The van der Waals surface area contributed by atoms with Gasteiger partial charge in [0.15, 0.2) is 11.6 Å². The molecule has 1 aromatic rings. The highest BCUT2D eigenvalue weighted by molar-refractivity contribution is 6.18. The lowest BCUT2D eigenvalue weighted by atomic mass is 9.83. The Balaban J connectivity index is 1.98. The van der Waals surface area contributed by atoms with Gasteiger partial charge in [0.1, 0.15) is 0 Å². The lowest BCUT2D eigenvalue weighted by Gasteiger charge is -2.36.